The van der Waals surface area contributed by atoms with E-state index in [1.165, 1.54) is 4.90 Å². The number of benzene rings is 2. The quantitative estimate of drug-likeness (QED) is 0.266. The standard InChI is InChI=1S/C36H44ClN3O6/c1-35(2,3)46-34(42)39-18-16-36(43,28-14-17-38-32(21-28)45-24-26-8-6-5-7-9-26)30(23-39)33(41)40(29-11-12-29)22-27-20-25(15-19-44-4)10-13-31(27)37/h5-10,13-14,17,20-21,29-30,43H,11-12,15-16,18-19,22-24H2,1-4H3/t30-,36+/m1/s1. The van der Waals surface area contributed by atoms with Crippen LogP contribution in [0, 0.1) is 5.92 Å². The number of nitrogens with zero attached hydrogens (tertiary/aromatic N) is 3. The van der Waals surface area contributed by atoms with E-state index in [-0.39, 0.29) is 31.5 Å². The van der Waals surface area contributed by atoms with E-state index in [0.717, 1.165) is 36.0 Å². The predicted octanol–water partition coefficient (Wildman–Crippen LogP) is 6.14. The molecule has 46 heavy (non-hydrogen) atoms. The summed E-state index contributed by atoms with van der Waals surface area (Å²) in [6, 6.07) is 19.0. The first-order chi connectivity index (χ1) is 22.0. The number of carbonyl (C=O) groups is 2. The number of aliphatic hydroxyl groups is 1. The average Bonchev–Trinajstić information content (AvgIpc) is 3.88. The fraction of sp³-hybridized carbons (Fsp3) is 0.472. The molecule has 2 heterocycles. The van der Waals surface area contributed by atoms with Crippen molar-refractivity contribution in [3.63, 3.8) is 0 Å². The number of piperidine rings is 1. The van der Waals surface area contributed by atoms with Crippen LogP contribution in [-0.2, 0) is 39.4 Å². The van der Waals surface area contributed by atoms with Crippen LogP contribution in [0.4, 0.5) is 4.79 Å². The van der Waals surface area contributed by atoms with Crippen molar-refractivity contribution in [3.05, 3.63) is 94.1 Å². The lowest BCUT2D eigenvalue weighted by Gasteiger charge is -2.45. The van der Waals surface area contributed by atoms with Gasteiger partial charge in [-0.15, -0.1) is 0 Å². The Kier molecular flexibility index (Phi) is 10.6. The maximum absolute atomic E-state index is 14.7. The zero-order chi connectivity index (χ0) is 32.9. The Morgan fingerprint density at radius 2 is 1.85 bits per heavy atom. The molecule has 2 fully saturated rings. The molecule has 10 heteroatoms. The molecule has 5 rings (SSSR count). The number of carbonyl (C=O) groups excluding carboxylic acids is 2. The summed E-state index contributed by atoms with van der Waals surface area (Å²) in [5, 5.41) is 13.1. The van der Waals surface area contributed by atoms with E-state index >= 15 is 0 Å². The van der Waals surface area contributed by atoms with Gasteiger partial charge in [0.15, 0.2) is 0 Å². The third-order valence-corrected chi connectivity index (χ3v) is 8.84. The van der Waals surface area contributed by atoms with E-state index in [2.05, 4.69) is 4.98 Å². The molecule has 2 amide bonds. The maximum Gasteiger partial charge on any atom is 0.410 e. The number of rotatable bonds is 11. The number of methoxy groups -OCH3 is 1. The van der Waals surface area contributed by atoms with Crippen molar-refractivity contribution in [2.45, 2.75) is 76.9 Å². The summed E-state index contributed by atoms with van der Waals surface area (Å²) >= 11 is 6.65. The van der Waals surface area contributed by atoms with Crippen LogP contribution in [0.5, 0.6) is 5.88 Å². The molecule has 9 nitrogen and oxygen atoms in total. The number of hydrogen-bond donors (Lipinski definition) is 1. The topological polar surface area (TPSA) is 101 Å². The molecule has 1 saturated carbocycles. The first-order valence-electron chi connectivity index (χ1n) is 15.9. The van der Waals surface area contributed by atoms with Crippen LogP contribution in [0.1, 0.15) is 62.3 Å². The molecule has 2 aliphatic rings. The van der Waals surface area contributed by atoms with Crippen molar-refractivity contribution >= 4 is 23.6 Å². The van der Waals surface area contributed by atoms with Gasteiger partial charge in [-0.05, 0) is 80.8 Å². The van der Waals surface area contributed by atoms with E-state index in [4.69, 9.17) is 25.8 Å². The largest absolute Gasteiger partial charge is 0.473 e. The van der Waals surface area contributed by atoms with Gasteiger partial charge in [-0.2, -0.15) is 0 Å². The van der Waals surface area contributed by atoms with Gasteiger partial charge in [0.05, 0.1) is 12.5 Å². The molecule has 3 aromatic rings. The van der Waals surface area contributed by atoms with Crippen molar-refractivity contribution in [3.8, 4) is 5.88 Å². The number of hydrogen-bond acceptors (Lipinski definition) is 7. The van der Waals surface area contributed by atoms with Crippen LogP contribution in [0.3, 0.4) is 0 Å². The van der Waals surface area contributed by atoms with Crippen LogP contribution in [0.25, 0.3) is 0 Å². The van der Waals surface area contributed by atoms with Crippen LogP contribution in [0.15, 0.2) is 66.9 Å². The Hall–Kier alpha value is -3.66. The Bertz CT molecular complexity index is 1510. The highest BCUT2D eigenvalue weighted by molar-refractivity contribution is 6.31. The summed E-state index contributed by atoms with van der Waals surface area (Å²) in [5.41, 5.74) is 1.11. The van der Waals surface area contributed by atoms with Crippen LogP contribution in [0.2, 0.25) is 5.02 Å². The Morgan fingerprint density at radius 3 is 2.54 bits per heavy atom. The van der Waals surface area contributed by atoms with Crippen molar-refractivity contribution in [2.24, 2.45) is 5.92 Å². The van der Waals surface area contributed by atoms with Crippen molar-refractivity contribution in [1.29, 1.82) is 0 Å². The second kappa shape index (κ2) is 14.4. The number of amides is 2. The first kappa shape index (κ1) is 33.7. The van der Waals surface area contributed by atoms with Crippen LogP contribution in [-0.4, -0.2) is 70.3 Å². The van der Waals surface area contributed by atoms with E-state index in [9.17, 15) is 14.7 Å². The van der Waals surface area contributed by atoms with Gasteiger partial charge >= 0.3 is 6.09 Å². The summed E-state index contributed by atoms with van der Waals surface area (Å²) in [6.45, 7) is 6.81. The molecular formula is C36H44ClN3O6. The van der Waals surface area contributed by atoms with Crippen molar-refractivity contribution in [2.75, 3.05) is 26.8 Å². The van der Waals surface area contributed by atoms with Gasteiger partial charge in [0.1, 0.15) is 17.8 Å². The molecule has 1 aliphatic carbocycles. The van der Waals surface area contributed by atoms with Crippen molar-refractivity contribution < 1.29 is 28.9 Å². The zero-order valence-corrected chi connectivity index (χ0v) is 27.8. The minimum Gasteiger partial charge on any atom is -0.473 e. The molecule has 1 N–H and O–H groups in total. The van der Waals surface area contributed by atoms with Gasteiger partial charge < -0.3 is 29.1 Å². The van der Waals surface area contributed by atoms with Gasteiger partial charge in [-0.1, -0.05) is 54.1 Å². The lowest BCUT2D eigenvalue weighted by molar-refractivity contribution is -0.155. The normalized spacial score (nSPS) is 19.9. The monoisotopic (exact) mass is 649 g/mol. The molecule has 1 saturated heterocycles. The summed E-state index contributed by atoms with van der Waals surface area (Å²) in [7, 11) is 1.66. The molecule has 0 radical (unpaired) electrons. The summed E-state index contributed by atoms with van der Waals surface area (Å²) in [6.07, 6.45) is 3.65. The summed E-state index contributed by atoms with van der Waals surface area (Å²) in [5.74, 6) is -0.858. The summed E-state index contributed by atoms with van der Waals surface area (Å²) in [4.78, 5) is 35.6. The Labute approximate surface area is 276 Å². The molecule has 1 aromatic heterocycles. The number of likely N-dealkylation sites (tertiary alicyclic amines) is 1. The number of pyridine rings is 1. The Balaban J connectivity index is 1.45. The second-order valence-corrected chi connectivity index (χ2v) is 13.6. The van der Waals surface area contributed by atoms with E-state index in [1.54, 1.807) is 46.2 Å². The van der Waals surface area contributed by atoms with Gasteiger partial charge in [0.25, 0.3) is 0 Å². The fourth-order valence-electron chi connectivity index (χ4n) is 5.83. The molecular weight excluding hydrogens is 606 g/mol. The third-order valence-electron chi connectivity index (χ3n) is 8.47. The van der Waals surface area contributed by atoms with Crippen LogP contribution < -0.4 is 4.74 Å². The van der Waals surface area contributed by atoms with E-state index < -0.39 is 23.2 Å². The number of ether oxygens (including phenoxy) is 3. The lowest BCUT2D eigenvalue weighted by Crippen LogP contribution is -2.58. The van der Waals surface area contributed by atoms with E-state index in [1.807, 2.05) is 53.4 Å². The second-order valence-electron chi connectivity index (χ2n) is 13.2. The van der Waals surface area contributed by atoms with Gasteiger partial charge in [-0.3, -0.25) is 4.79 Å². The van der Waals surface area contributed by atoms with Crippen molar-refractivity contribution in [1.82, 2.24) is 14.8 Å². The molecule has 246 valence electrons. The maximum atomic E-state index is 14.7. The Morgan fingerprint density at radius 1 is 1.09 bits per heavy atom. The number of halogens is 1. The highest BCUT2D eigenvalue weighted by Crippen LogP contribution is 2.42. The fourth-order valence-corrected chi connectivity index (χ4v) is 6.01. The minimum absolute atomic E-state index is 0.00237. The highest BCUT2D eigenvalue weighted by atomic mass is 35.5. The number of aromatic nitrogens is 1. The SMILES string of the molecule is COCCc1ccc(Cl)c(CN(C(=O)[C@H]2CN(C(=O)OC(C)(C)C)CC[C@]2(O)c2ccnc(OCc3ccccc3)c2)C2CC2)c1. The highest BCUT2D eigenvalue weighted by Gasteiger charge is 2.51. The average molecular weight is 650 g/mol. The molecule has 0 spiro atoms. The molecule has 2 aromatic carbocycles. The van der Waals surface area contributed by atoms with E-state index in [0.29, 0.717) is 36.2 Å². The van der Waals surface area contributed by atoms with Crippen LogP contribution >= 0.6 is 11.6 Å². The third kappa shape index (κ3) is 8.37. The minimum atomic E-state index is -1.58. The molecule has 0 bridgehead atoms. The lowest BCUT2D eigenvalue weighted by atomic mass is 9.75. The molecule has 0 unspecified atom stereocenters. The first-order valence-corrected chi connectivity index (χ1v) is 16.2. The molecule has 1 aliphatic heterocycles. The van der Waals surface area contributed by atoms with Gasteiger partial charge in [0.2, 0.25) is 11.8 Å². The molecule has 2 atom stereocenters. The predicted molar refractivity (Wildman–Crippen MR) is 175 cm³/mol. The smallest absolute Gasteiger partial charge is 0.410 e. The van der Waals surface area contributed by atoms with Gasteiger partial charge in [0, 0.05) is 50.1 Å². The van der Waals surface area contributed by atoms with Gasteiger partial charge in [-0.25, -0.2) is 9.78 Å². The zero-order valence-electron chi connectivity index (χ0n) is 27.1. The summed E-state index contributed by atoms with van der Waals surface area (Å²) < 4.78 is 16.9.